The summed E-state index contributed by atoms with van der Waals surface area (Å²) in [5.74, 6) is 1.79. The quantitative estimate of drug-likeness (QED) is 0.395. The Morgan fingerprint density at radius 1 is 1.09 bits per heavy atom. The van der Waals surface area contributed by atoms with E-state index in [1.165, 1.54) is 0 Å². The second-order valence-corrected chi connectivity index (χ2v) is 9.80. The molecule has 0 saturated heterocycles. The van der Waals surface area contributed by atoms with Crippen LogP contribution in [0.15, 0.2) is 48.7 Å². The molecule has 178 valence electrons. The van der Waals surface area contributed by atoms with Crippen molar-refractivity contribution in [3.8, 4) is 17.0 Å². The summed E-state index contributed by atoms with van der Waals surface area (Å²) in [7, 11) is 0. The van der Waals surface area contributed by atoms with Crippen molar-refractivity contribution in [2.24, 2.45) is 17.6 Å². The molecule has 3 aromatic rings. The lowest BCUT2D eigenvalue weighted by molar-refractivity contribution is 0.0600. The van der Waals surface area contributed by atoms with E-state index in [0.29, 0.717) is 29.3 Å². The number of carbonyl (C=O) groups excluding carboxylic acids is 1. The third kappa shape index (κ3) is 8.89. The van der Waals surface area contributed by atoms with E-state index < -0.39 is 11.7 Å². The van der Waals surface area contributed by atoms with Crippen LogP contribution in [-0.2, 0) is 4.74 Å². The number of hydrogen-bond donors (Lipinski definition) is 1. The summed E-state index contributed by atoms with van der Waals surface area (Å²) < 4.78 is 10.4. The van der Waals surface area contributed by atoms with Gasteiger partial charge in [0.25, 0.3) is 0 Å². The van der Waals surface area contributed by atoms with Crippen molar-refractivity contribution < 1.29 is 14.3 Å². The largest absolute Gasteiger partial charge is 0.490 e. The summed E-state index contributed by atoms with van der Waals surface area (Å²) >= 11 is 6.37. The molecule has 7 heteroatoms. The summed E-state index contributed by atoms with van der Waals surface area (Å²) in [5.41, 5.74) is 7.06. The van der Waals surface area contributed by atoms with Gasteiger partial charge in [0.2, 0.25) is 0 Å². The van der Waals surface area contributed by atoms with E-state index in [-0.39, 0.29) is 0 Å². The van der Waals surface area contributed by atoms with Gasteiger partial charge in [-0.25, -0.2) is 9.78 Å². The Morgan fingerprint density at radius 2 is 1.79 bits per heavy atom. The molecule has 0 spiro atoms. The molecule has 1 atom stereocenters. The van der Waals surface area contributed by atoms with Crippen LogP contribution in [0.4, 0.5) is 4.79 Å². The summed E-state index contributed by atoms with van der Waals surface area (Å²) in [6, 6.07) is 13.8. The highest BCUT2D eigenvalue weighted by Gasteiger charge is 2.13. The molecule has 1 aromatic carbocycles. The number of hydrogen-bond acceptors (Lipinski definition) is 5. The molecule has 2 heterocycles. The molecule has 3 rings (SSSR count). The van der Waals surface area contributed by atoms with Crippen molar-refractivity contribution in [1.82, 2.24) is 9.97 Å². The topological polar surface area (TPSA) is 87.3 Å². The number of ether oxygens (including phenoxy) is 2. The first-order valence-corrected chi connectivity index (χ1v) is 11.5. The fourth-order valence-corrected chi connectivity index (χ4v) is 3.61. The van der Waals surface area contributed by atoms with Crippen LogP contribution < -0.4 is 10.5 Å². The van der Waals surface area contributed by atoms with Gasteiger partial charge in [-0.3, -0.25) is 4.98 Å². The van der Waals surface area contributed by atoms with Gasteiger partial charge >= 0.3 is 6.09 Å². The summed E-state index contributed by atoms with van der Waals surface area (Å²) in [5, 5.41) is 1.46. The minimum absolute atomic E-state index is 0.398. The van der Waals surface area contributed by atoms with E-state index in [9.17, 15) is 4.79 Å². The molecule has 33 heavy (non-hydrogen) atoms. The average Bonchev–Trinajstić information content (AvgIpc) is 2.70. The smallest absolute Gasteiger partial charge is 0.405 e. The van der Waals surface area contributed by atoms with Crippen molar-refractivity contribution in [2.75, 3.05) is 6.61 Å². The molecule has 0 bridgehead atoms. The fourth-order valence-electron chi connectivity index (χ4n) is 3.40. The first-order chi connectivity index (χ1) is 15.5. The van der Waals surface area contributed by atoms with Gasteiger partial charge in [-0.2, -0.15) is 0 Å². The zero-order valence-electron chi connectivity index (χ0n) is 20.3. The lowest BCUT2D eigenvalue weighted by Crippen LogP contribution is -2.27. The van der Waals surface area contributed by atoms with E-state index in [1.807, 2.05) is 42.5 Å². The second kappa shape index (κ2) is 11.8. The van der Waals surface area contributed by atoms with Gasteiger partial charge in [0.1, 0.15) is 5.60 Å². The molecule has 0 saturated carbocycles. The first-order valence-electron chi connectivity index (χ1n) is 11.1. The van der Waals surface area contributed by atoms with Gasteiger partial charge in [-0.1, -0.05) is 50.6 Å². The number of pyridine rings is 2. The third-order valence-electron chi connectivity index (χ3n) is 4.54. The zero-order valence-corrected chi connectivity index (χ0v) is 21.0. The molecule has 0 aliphatic rings. The van der Waals surface area contributed by atoms with Crippen LogP contribution >= 0.6 is 11.6 Å². The van der Waals surface area contributed by atoms with Gasteiger partial charge in [0.05, 0.1) is 17.8 Å². The Bertz CT molecular complexity index is 1060. The molecule has 6 nitrogen and oxygen atoms in total. The van der Waals surface area contributed by atoms with Crippen LogP contribution in [0.5, 0.6) is 5.75 Å². The molecule has 0 aliphatic carbocycles. The number of halogens is 1. The average molecular weight is 472 g/mol. The van der Waals surface area contributed by atoms with Crippen LogP contribution in [-0.4, -0.2) is 28.3 Å². The van der Waals surface area contributed by atoms with Gasteiger partial charge in [0, 0.05) is 17.1 Å². The number of fused-ring (bicyclic) bond motifs is 1. The predicted molar refractivity (Wildman–Crippen MR) is 135 cm³/mol. The van der Waals surface area contributed by atoms with Gasteiger partial charge < -0.3 is 15.2 Å². The van der Waals surface area contributed by atoms with Crippen LogP contribution in [0.25, 0.3) is 22.2 Å². The van der Waals surface area contributed by atoms with E-state index in [0.717, 1.165) is 28.6 Å². The molecule has 1 unspecified atom stereocenters. The maximum atomic E-state index is 10.0. The minimum Gasteiger partial charge on any atom is -0.490 e. The number of primary amides is 1. The molecule has 1 amide bonds. The van der Waals surface area contributed by atoms with Gasteiger partial charge in [0.15, 0.2) is 10.9 Å². The molecule has 0 radical (unpaired) electrons. The number of nitrogens with zero attached hydrogens (tertiary/aromatic N) is 2. The third-order valence-corrected chi connectivity index (χ3v) is 4.81. The Morgan fingerprint density at radius 3 is 2.36 bits per heavy atom. The zero-order chi connectivity index (χ0) is 24.6. The number of para-hydroxylation sites is 1. The lowest BCUT2D eigenvalue weighted by Gasteiger charge is -2.16. The Kier molecular flexibility index (Phi) is 9.47. The van der Waals surface area contributed by atoms with Crippen molar-refractivity contribution in [3.05, 3.63) is 53.8 Å². The monoisotopic (exact) mass is 471 g/mol. The maximum absolute atomic E-state index is 10.0. The molecular weight excluding hydrogens is 438 g/mol. The van der Waals surface area contributed by atoms with Crippen molar-refractivity contribution >= 4 is 28.6 Å². The van der Waals surface area contributed by atoms with Crippen molar-refractivity contribution in [2.45, 2.75) is 53.6 Å². The highest BCUT2D eigenvalue weighted by atomic mass is 35.5. The number of nitrogens with two attached hydrogens (primary N) is 1. The number of aromatic nitrogens is 2. The van der Waals surface area contributed by atoms with Crippen molar-refractivity contribution in [3.63, 3.8) is 0 Å². The summed E-state index contributed by atoms with van der Waals surface area (Å²) in [6.07, 6.45) is 2.20. The molecular formula is C26H34ClN3O3. The molecule has 2 aromatic heterocycles. The van der Waals surface area contributed by atoms with E-state index in [1.54, 1.807) is 27.0 Å². The Hall–Kier alpha value is -2.86. The predicted octanol–water partition coefficient (Wildman–Crippen LogP) is 6.89. The van der Waals surface area contributed by atoms with Crippen LogP contribution in [0, 0.1) is 11.8 Å². The molecule has 2 N–H and O–H groups in total. The molecule has 0 aliphatic heterocycles. The number of benzene rings is 1. The Balaban J connectivity index is 0.000000414. The number of carbonyl (C=O) groups is 1. The number of amides is 1. The highest BCUT2D eigenvalue weighted by molar-refractivity contribution is 6.31. The highest BCUT2D eigenvalue weighted by Crippen LogP contribution is 2.31. The maximum Gasteiger partial charge on any atom is 0.405 e. The van der Waals surface area contributed by atoms with E-state index in [2.05, 4.69) is 35.5 Å². The van der Waals surface area contributed by atoms with Crippen molar-refractivity contribution in [1.29, 1.82) is 0 Å². The van der Waals surface area contributed by atoms with Gasteiger partial charge in [-0.05, 0) is 63.3 Å². The molecule has 0 fully saturated rings. The number of rotatable bonds is 6. The van der Waals surface area contributed by atoms with Crippen LogP contribution in [0.2, 0.25) is 5.15 Å². The normalized spacial score (nSPS) is 12.1. The standard InChI is InChI=1S/C21H23ClN2O.C5H11NO2/c1-14(2)12-15(3)13-25-20-9-8-19(24-21(20)22)17-10-11-23-18-7-5-4-6-16(17)18;1-5(2,3)8-4(6)7/h4-11,14-15H,12-13H2,1-3H3;1-3H3,(H2,6,7). The fraction of sp³-hybridized carbons (Fsp3) is 0.423. The lowest BCUT2D eigenvalue weighted by atomic mass is 10.00. The SMILES string of the molecule is CC(C)(C)OC(N)=O.CC(C)CC(C)COc1ccc(-c2ccnc3ccccc23)nc1Cl. The Labute approximate surface area is 201 Å². The first kappa shape index (κ1) is 26.4. The summed E-state index contributed by atoms with van der Waals surface area (Å²) in [4.78, 5) is 19.0. The summed E-state index contributed by atoms with van der Waals surface area (Å²) in [6.45, 7) is 12.6. The van der Waals surface area contributed by atoms with Crippen LogP contribution in [0.3, 0.4) is 0 Å². The van der Waals surface area contributed by atoms with Crippen LogP contribution in [0.1, 0.15) is 48.0 Å². The second-order valence-electron chi connectivity index (χ2n) is 9.44. The minimum atomic E-state index is -0.725. The van der Waals surface area contributed by atoms with E-state index >= 15 is 0 Å². The van der Waals surface area contributed by atoms with Gasteiger partial charge in [-0.15, -0.1) is 0 Å². The van der Waals surface area contributed by atoms with E-state index in [4.69, 9.17) is 22.1 Å².